The van der Waals surface area contributed by atoms with Crippen molar-refractivity contribution in [3.63, 3.8) is 0 Å². The molecule has 1 N–H and O–H groups in total. The van der Waals surface area contributed by atoms with Crippen LogP contribution in [0.3, 0.4) is 0 Å². The molecule has 0 unspecified atom stereocenters. The molecule has 1 heterocycles. The summed E-state index contributed by atoms with van der Waals surface area (Å²) in [7, 11) is 1.68. The van der Waals surface area contributed by atoms with Gasteiger partial charge in [0.1, 0.15) is 5.75 Å². The molecule has 0 saturated carbocycles. The zero-order valence-electron chi connectivity index (χ0n) is 9.60. The van der Waals surface area contributed by atoms with E-state index < -0.39 is 0 Å². The van der Waals surface area contributed by atoms with Gasteiger partial charge < -0.3 is 9.72 Å². The predicted octanol–water partition coefficient (Wildman–Crippen LogP) is 3.84. The van der Waals surface area contributed by atoms with Crippen LogP contribution in [-0.4, -0.2) is 12.1 Å². The van der Waals surface area contributed by atoms with Gasteiger partial charge in [-0.1, -0.05) is 30.3 Å². The van der Waals surface area contributed by atoms with Crippen molar-refractivity contribution in [2.75, 3.05) is 7.11 Å². The fourth-order valence-electron chi connectivity index (χ4n) is 2.08. The number of aromatic amines is 1. The number of benzene rings is 2. The summed E-state index contributed by atoms with van der Waals surface area (Å²) in [6.07, 6.45) is 2.05. The Kier molecular flexibility index (Phi) is 2.33. The van der Waals surface area contributed by atoms with Gasteiger partial charge in [0.15, 0.2) is 0 Å². The van der Waals surface area contributed by atoms with Crippen LogP contribution in [0.2, 0.25) is 0 Å². The lowest BCUT2D eigenvalue weighted by Gasteiger charge is -2.02. The van der Waals surface area contributed by atoms with E-state index in [0.29, 0.717) is 0 Å². The number of H-pyrrole nitrogens is 1. The van der Waals surface area contributed by atoms with Gasteiger partial charge in [0.2, 0.25) is 0 Å². The van der Waals surface area contributed by atoms with Crippen molar-refractivity contribution >= 4 is 10.9 Å². The molecule has 2 aromatic carbocycles. The van der Waals surface area contributed by atoms with Crippen molar-refractivity contribution in [1.82, 2.24) is 4.98 Å². The number of methoxy groups -OCH3 is 1. The van der Waals surface area contributed by atoms with Gasteiger partial charge in [-0.25, -0.2) is 0 Å². The molecule has 0 amide bonds. The summed E-state index contributed by atoms with van der Waals surface area (Å²) in [5.74, 6) is 0.883. The average molecular weight is 223 g/mol. The Bertz CT molecular complexity index is 637. The van der Waals surface area contributed by atoms with Gasteiger partial charge in [-0.05, 0) is 23.8 Å². The van der Waals surface area contributed by atoms with E-state index >= 15 is 0 Å². The Morgan fingerprint density at radius 2 is 1.71 bits per heavy atom. The van der Waals surface area contributed by atoms with Gasteiger partial charge >= 0.3 is 0 Å². The van der Waals surface area contributed by atoms with E-state index in [2.05, 4.69) is 35.3 Å². The maximum Gasteiger partial charge on any atom is 0.118 e. The Balaban J connectivity index is 2.13. The van der Waals surface area contributed by atoms with Crippen LogP contribution in [-0.2, 0) is 0 Å². The molecule has 0 spiro atoms. The molecule has 2 heteroatoms. The quantitative estimate of drug-likeness (QED) is 0.701. The van der Waals surface area contributed by atoms with Crippen LogP contribution in [0.1, 0.15) is 0 Å². The van der Waals surface area contributed by atoms with Crippen LogP contribution >= 0.6 is 0 Å². The van der Waals surface area contributed by atoms with E-state index in [1.807, 2.05) is 24.4 Å². The van der Waals surface area contributed by atoms with Crippen LogP contribution in [0.25, 0.3) is 22.0 Å². The summed E-state index contributed by atoms with van der Waals surface area (Å²) >= 11 is 0. The molecule has 0 aliphatic carbocycles. The third kappa shape index (κ3) is 1.68. The second kappa shape index (κ2) is 3.98. The molecule has 84 valence electrons. The molecular formula is C15H13NO. The largest absolute Gasteiger partial charge is 0.497 e. The van der Waals surface area contributed by atoms with E-state index in [4.69, 9.17) is 4.74 Å². The number of aromatic nitrogens is 1. The molecule has 3 aromatic rings. The third-order valence-electron chi connectivity index (χ3n) is 2.99. The summed E-state index contributed by atoms with van der Waals surface area (Å²) < 4.78 is 5.17. The molecule has 17 heavy (non-hydrogen) atoms. The molecular weight excluding hydrogens is 210 g/mol. The van der Waals surface area contributed by atoms with Crippen molar-refractivity contribution in [2.45, 2.75) is 0 Å². The SMILES string of the molecule is COc1ccc(-c2c[nH]c3ccccc23)cc1. The molecule has 0 fully saturated rings. The fraction of sp³-hybridized carbons (Fsp3) is 0.0667. The van der Waals surface area contributed by atoms with Gasteiger partial charge in [-0.2, -0.15) is 0 Å². The van der Waals surface area contributed by atoms with E-state index in [9.17, 15) is 0 Å². The summed E-state index contributed by atoms with van der Waals surface area (Å²) in [6.45, 7) is 0. The number of fused-ring (bicyclic) bond motifs is 1. The highest BCUT2D eigenvalue weighted by molar-refractivity contribution is 5.95. The molecule has 2 nitrogen and oxygen atoms in total. The first-order chi connectivity index (χ1) is 8.38. The molecule has 0 aliphatic heterocycles. The molecule has 3 rings (SSSR count). The van der Waals surface area contributed by atoms with E-state index in [1.54, 1.807) is 7.11 Å². The Hall–Kier alpha value is -2.22. The minimum absolute atomic E-state index is 0.883. The molecule has 0 aliphatic rings. The average Bonchev–Trinajstić information content (AvgIpc) is 2.83. The summed E-state index contributed by atoms with van der Waals surface area (Å²) in [5, 5.41) is 1.25. The van der Waals surface area contributed by atoms with Crippen LogP contribution in [0.5, 0.6) is 5.75 Å². The van der Waals surface area contributed by atoms with Crippen LogP contribution < -0.4 is 4.74 Å². The Labute approximate surface area is 99.9 Å². The van der Waals surface area contributed by atoms with Crippen LogP contribution in [0.4, 0.5) is 0 Å². The Morgan fingerprint density at radius 1 is 0.941 bits per heavy atom. The molecule has 0 saturated heterocycles. The molecule has 0 radical (unpaired) electrons. The standard InChI is InChI=1S/C15H13NO/c1-17-12-8-6-11(7-9-12)14-10-16-15-5-3-2-4-13(14)15/h2-10,16H,1H3. The number of rotatable bonds is 2. The molecule has 1 aromatic heterocycles. The predicted molar refractivity (Wildman–Crippen MR) is 70.3 cm³/mol. The van der Waals surface area contributed by atoms with E-state index in [-0.39, 0.29) is 0 Å². The van der Waals surface area contributed by atoms with Gasteiger partial charge in [0.25, 0.3) is 0 Å². The molecule has 0 atom stereocenters. The van der Waals surface area contributed by atoms with E-state index in [0.717, 1.165) is 5.75 Å². The highest BCUT2D eigenvalue weighted by Crippen LogP contribution is 2.29. The van der Waals surface area contributed by atoms with Gasteiger partial charge in [0.05, 0.1) is 7.11 Å². The minimum Gasteiger partial charge on any atom is -0.497 e. The second-order valence-corrected chi connectivity index (χ2v) is 3.98. The normalized spacial score (nSPS) is 10.6. The fourth-order valence-corrected chi connectivity index (χ4v) is 2.08. The van der Waals surface area contributed by atoms with E-state index in [1.165, 1.54) is 22.0 Å². The van der Waals surface area contributed by atoms with Crippen molar-refractivity contribution in [3.05, 3.63) is 54.7 Å². The maximum atomic E-state index is 5.17. The third-order valence-corrected chi connectivity index (χ3v) is 2.99. The summed E-state index contributed by atoms with van der Waals surface area (Å²) in [4.78, 5) is 3.28. The first-order valence-corrected chi connectivity index (χ1v) is 5.59. The highest BCUT2D eigenvalue weighted by atomic mass is 16.5. The lowest BCUT2D eigenvalue weighted by atomic mass is 10.0. The first-order valence-electron chi connectivity index (χ1n) is 5.59. The second-order valence-electron chi connectivity index (χ2n) is 3.98. The zero-order chi connectivity index (χ0) is 11.7. The number of hydrogen-bond acceptors (Lipinski definition) is 1. The maximum absolute atomic E-state index is 5.17. The van der Waals surface area contributed by atoms with Crippen molar-refractivity contribution in [3.8, 4) is 16.9 Å². The van der Waals surface area contributed by atoms with Gasteiger partial charge in [0, 0.05) is 22.7 Å². The topological polar surface area (TPSA) is 25.0 Å². The highest BCUT2D eigenvalue weighted by Gasteiger charge is 2.04. The number of hydrogen-bond donors (Lipinski definition) is 1. The van der Waals surface area contributed by atoms with Crippen LogP contribution in [0.15, 0.2) is 54.7 Å². The number of ether oxygens (including phenoxy) is 1. The lowest BCUT2D eigenvalue weighted by Crippen LogP contribution is -1.81. The summed E-state index contributed by atoms with van der Waals surface area (Å²) in [6, 6.07) is 16.4. The van der Waals surface area contributed by atoms with Gasteiger partial charge in [-0.3, -0.25) is 0 Å². The van der Waals surface area contributed by atoms with Gasteiger partial charge in [-0.15, -0.1) is 0 Å². The van der Waals surface area contributed by atoms with Crippen molar-refractivity contribution < 1.29 is 4.74 Å². The smallest absolute Gasteiger partial charge is 0.118 e. The lowest BCUT2D eigenvalue weighted by molar-refractivity contribution is 0.415. The molecule has 0 bridgehead atoms. The minimum atomic E-state index is 0.883. The van der Waals surface area contributed by atoms with Crippen molar-refractivity contribution in [2.24, 2.45) is 0 Å². The number of para-hydroxylation sites is 1. The monoisotopic (exact) mass is 223 g/mol. The zero-order valence-corrected chi connectivity index (χ0v) is 9.60. The first kappa shape index (κ1) is 9.97. The number of nitrogens with one attached hydrogen (secondary N) is 1. The Morgan fingerprint density at radius 3 is 2.47 bits per heavy atom. The van der Waals surface area contributed by atoms with Crippen LogP contribution in [0, 0.1) is 0 Å². The van der Waals surface area contributed by atoms with Crippen molar-refractivity contribution in [1.29, 1.82) is 0 Å². The summed E-state index contributed by atoms with van der Waals surface area (Å²) in [5.41, 5.74) is 3.59.